The second-order valence-corrected chi connectivity index (χ2v) is 3.97. The van der Waals surface area contributed by atoms with E-state index < -0.39 is 18.0 Å². The number of benzene rings is 1. The molecule has 18 heavy (non-hydrogen) atoms. The molecule has 6 heteroatoms. The SMILES string of the molecule is CC1=C(C(=O)O)[C@H](c2ccc(O)cc2)NC(=O)N1. The zero-order chi connectivity index (χ0) is 13.3. The first kappa shape index (κ1) is 12.0. The maximum atomic E-state index is 11.4. The minimum absolute atomic E-state index is 0.0802. The number of carboxylic acid groups (broad SMARTS) is 1. The maximum absolute atomic E-state index is 11.4. The van der Waals surface area contributed by atoms with Crippen molar-refractivity contribution in [1.82, 2.24) is 10.6 Å². The number of carbonyl (C=O) groups is 2. The Labute approximate surface area is 103 Å². The topological polar surface area (TPSA) is 98.7 Å². The molecular weight excluding hydrogens is 236 g/mol. The Kier molecular flexibility index (Phi) is 2.93. The van der Waals surface area contributed by atoms with Crippen LogP contribution in [0.1, 0.15) is 18.5 Å². The summed E-state index contributed by atoms with van der Waals surface area (Å²) in [5, 5.41) is 23.4. The van der Waals surface area contributed by atoms with Crippen molar-refractivity contribution in [3.05, 3.63) is 41.1 Å². The fraction of sp³-hybridized carbons (Fsp3) is 0.167. The highest BCUT2D eigenvalue weighted by atomic mass is 16.4. The van der Waals surface area contributed by atoms with Crippen LogP contribution in [0.15, 0.2) is 35.5 Å². The van der Waals surface area contributed by atoms with Crippen LogP contribution in [0.3, 0.4) is 0 Å². The zero-order valence-corrected chi connectivity index (χ0v) is 9.60. The highest BCUT2D eigenvalue weighted by molar-refractivity contribution is 5.93. The summed E-state index contributed by atoms with van der Waals surface area (Å²) in [6.45, 7) is 1.54. The Morgan fingerprint density at radius 2 is 1.89 bits per heavy atom. The lowest BCUT2D eigenvalue weighted by atomic mass is 9.96. The van der Waals surface area contributed by atoms with Gasteiger partial charge >= 0.3 is 12.0 Å². The predicted molar refractivity (Wildman–Crippen MR) is 62.9 cm³/mol. The molecule has 1 aliphatic rings. The first-order valence-electron chi connectivity index (χ1n) is 5.29. The quantitative estimate of drug-likeness (QED) is 0.630. The van der Waals surface area contributed by atoms with Gasteiger partial charge in [-0.2, -0.15) is 0 Å². The van der Waals surface area contributed by atoms with E-state index in [0.717, 1.165) is 0 Å². The number of urea groups is 1. The van der Waals surface area contributed by atoms with Gasteiger partial charge in [0.2, 0.25) is 0 Å². The number of aromatic hydroxyl groups is 1. The smallest absolute Gasteiger partial charge is 0.335 e. The van der Waals surface area contributed by atoms with E-state index in [1.54, 1.807) is 12.1 Å². The van der Waals surface area contributed by atoms with E-state index in [9.17, 15) is 19.8 Å². The van der Waals surface area contributed by atoms with Gasteiger partial charge in [0.25, 0.3) is 0 Å². The molecule has 0 bridgehead atoms. The van der Waals surface area contributed by atoms with Crippen molar-refractivity contribution in [2.75, 3.05) is 0 Å². The number of phenols is 1. The summed E-state index contributed by atoms with van der Waals surface area (Å²) in [6.07, 6.45) is 0. The average Bonchev–Trinajstić information content (AvgIpc) is 2.28. The fourth-order valence-corrected chi connectivity index (χ4v) is 1.89. The molecule has 94 valence electrons. The van der Waals surface area contributed by atoms with Crippen LogP contribution < -0.4 is 10.6 Å². The van der Waals surface area contributed by atoms with Crippen molar-refractivity contribution in [1.29, 1.82) is 0 Å². The van der Waals surface area contributed by atoms with Gasteiger partial charge in [0, 0.05) is 5.70 Å². The normalized spacial score (nSPS) is 19.2. The largest absolute Gasteiger partial charge is 0.508 e. The summed E-state index contributed by atoms with van der Waals surface area (Å²) in [4.78, 5) is 22.6. The minimum atomic E-state index is -1.10. The molecule has 2 amide bonds. The molecule has 1 aromatic carbocycles. The van der Waals surface area contributed by atoms with E-state index in [0.29, 0.717) is 11.3 Å². The lowest BCUT2D eigenvalue weighted by molar-refractivity contribution is -0.133. The highest BCUT2D eigenvalue weighted by Crippen LogP contribution is 2.27. The van der Waals surface area contributed by atoms with Crippen molar-refractivity contribution < 1.29 is 19.8 Å². The third kappa shape index (κ3) is 2.13. The Morgan fingerprint density at radius 1 is 1.28 bits per heavy atom. The number of phenolic OH excluding ortho intramolecular Hbond substituents is 1. The van der Waals surface area contributed by atoms with Crippen LogP contribution in [0.2, 0.25) is 0 Å². The average molecular weight is 248 g/mol. The summed E-state index contributed by atoms with van der Waals surface area (Å²) >= 11 is 0. The van der Waals surface area contributed by atoms with E-state index in [1.165, 1.54) is 19.1 Å². The molecule has 1 heterocycles. The Balaban J connectivity index is 2.46. The number of allylic oxidation sites excluding steroid dienone is 1. The van der Waals surface area contributed by atoms with Gasteiger partial charge in [-0.1, -0.05) is 12.1 Å². The molecular formula is C12H12N2O4. The Bertz CT molecular complexity index is 534. The molecule has 4 N–H and O–H groups in total. The first-order valence-corrected chi connectivity index (χ1v) is 5.29. The van der Waals surface area contributed by atoms with Crippen molar-refractivity contribution in [3.63, 3.8) is 0 Å². The van der Waals surface area contributed by atoms with E-state index in [2.05, 4.69) is 10.6 Å². The minimum Gasteiger partial charge on any atom is -0.508 e. The molecule has 0 radical (unpaired) electrons. The molecule has 0 fully saturated rings. The van der Waals surface area contributed by atoms with Gasteiger partial charge in [0.15, 0.2) is 0 Å². The molecule has 0 spiro atoms. The summed E-state index contributed by atoms with van der Waals surface area (Å²) in [6, 6.07) is 4.85. The fourth-order valence-electron chi connectivity index (χ4n) is 1.89. The summed E-state index contributed by atoms with van der Waals surface area (Å²) < 4.78 is 0. The van der Waals surface area contributed by atoms with Crippen molar-refractivity contribution in [2.24, 2.45) is 0 Å². The second kappa shape index (κ2) is 4.40. The van der Waals surface area contributed by atoms with Gasteiger partial charge in [0.05, 0.1) is 11.6 Å². The molecule has 1 aromatic rings. The van der Waals surface area contributed by atoms with Crippen LogP contribution in [0.25, 0.3) is 0 Å². The standard InChI is InChI=1S/C12H12N2O4/c1-6-9(11(16)17)10(14-12(18)13-6)7-2-4-8(15)5-3-7/h2-5,10,15H,1H3,(H,16,17)(H2,13,14,18)/t10-/m0/s1. The lowest BCUT2D eigenvalue weighted by Crippen LogP contribution is -2.45. The summed E-state index contributed by atoms with van der Waals surface area (Å²) in [5.74, 6) is -1.02. The van der Waals surface area contributed by atoms with Crippen molar-refractivity contribution in [3.8, 4) is 5.75 Å². The second-order valence-electron chi connectivity index (χ2n) is 3.97. The Morgan fingerprint density at radius 3 is 2.44 bits per heavy atom. The lowest BCUT2D eigenvalue weighted by Gasteiger charge is -2.27. The number of carboxylic acids is 1. The van der Waals surface area contributed by atoms with Gasteiger partial charge in [-0.3, -0.25) is 0 Å². The van der Waals surface area contributed by atoms with Gasteiger partial charge < -0.3 is 20.8 Å². The maximum Gasteiger partial charge on any atom is 0.335 e. The molecule has 2 rings (SSSR count). The zero-order valence-electron chi connectivity index (χ0n) is 9.60. The van der Waals surface area contributed by atoms with E-state index in [4.69, 9.17) is 0 Å². The Hall–Kier alpha value is -2.50. The van der Waals surface area contributed by atoms with Crippen LogP contribution >= 0.6 is 0 Å². The van der Waals surface area contributed by atoms with Crippen LogP contribution in [0.5, 0.6) is 5.75 Å². The van der Waals surface area contributed by atoms with Gasteiger partial charge in [-0.05, 0) is 24.6 Å². The number of rotatable bonds is 2. The summed E-state index contributed by atoms with van der Waals surface area (Å²) in [5.41, 5.74) is 0.990. The monoisotopic (exact) mass is 248 g/mol. The molecule has 0 aromatic heterocycles. The van der Waals surface area contributed by atoms with Gasteiger partial charge in [-0.15, -0.1) is 0 Å². The van der Waals surface area contributed by atoms with Crippen LogP contribution in [0.4, 0.5) is 4.79 Å². The number of nitrogens with one attached hydrogen (secondary N) is 2. The van der Waals surface area contributed by atoms with Crippen molar-refractivity contribution >= 4 is 12.0 Å². The van der Waals surface area contributed by atoms with E-state index in [1.807, 2.05) is 0 Å². The number of aliphatic carboxylic acids is 1. The third-order valence-electron chi connectivity index (χ3n) is 2.73. The molecule has 1 atom stereocenters. The third-order valence-corrected chi connectivity index (χ3v) is 2.73. The number of hydrogen-bond acceptors (Lipinski definition) is 3. The first-order chi connectivity index (χ1) is 8.49. The molecule has 0 saturated carbocycles. The molecule has 0 saturated heterocycles. The highest BCUT2D eigenvalue weighted by Gasteiger charge is 2.30. The van der Waals surface area contributed by atoms with Crippen molar-refractivity contribution in [2.45, 2.75) is 13.0 Å². The van der Waals surface area contributed by atoms with Crippen LogP contribution in [-0.4, -0.2) is 22.2 Å². The van der Waals surface area contributed by atoms with Crippen LogP contribution in [0, 0.1) is 0 Å². The van der Waals surface area contributed by atoms with Gasteiger partial charge in [0.1, 0.15) is 5.75 Å². The molecule has 0 unspecified atom stereocenters. The molecule has 0 aliphatic carbocycles. The molecule has 6 nitrogen and oxygen atoms in total. The van der Waals surface area contributed by atoms with Crippen LogP contribution in [-0.2, 0) is 4.79 Å². The summed E-state index contributed by atoms with van der Waals surface area (Å²) in [7, 11) is 0. The predicted octanol–water partition coefficient (Wildman–Crippen LogP) is 1.10. The number of hydrogen-bond donors (Lipinski definition) is 4. The van der Waals surface area contributed by atoms with E-state index in [-0.39, 0.29) is 11.3 Å². The van der Waals surface area contributed by atoms with Gasteiger partial charge in [-0.25, -0.2) is 9.59 Å². The molecule has 1 aliphatic heterocycles. The van der Waals surface area contributed by atoms with E-state index >= 15 is 0 Å². The number of amides is 2. The number of carbonyl (C=O) groups excluding carboxylic acids is 1.